The average molecular weight is 252 g/mol. The fourth-order valence-corrected chi connectivity index (χ4v) is 2.56. The summed E-state index contributed by atoms with van der Waals surface area (Å²) in [5.41, 5.74) is 4.68. The lowest BCUT2D eigenvalue weighted by Crippen LogP contribution is -2.14. The van der Waals surface area contributed by atoms with Gasteiger partial charge in [0.2, 0.25) is 5.91 Å². The molecule has 1 aromatic heterocycles. The van der Waals surface area contributed by atoms with E-state index >= 15 is 0 Å². The number of pyridine rings is 1. The summed E-state index contributed by atoms with van der Waals surface area (Å²) in [7, 11) is 0. The van der Waals surface area contributed by atoms with Crippen LogP contribution in [-0.2, 0) is 24.1 Å². The zero-order valence-corrected chi connectivity index (χ0v) is 10.7. The number of carbonyl (C=O) groups is 1. The van der Waals surface area contributed by atoms with Crippen molar-refractivity contribution in [3.8, 4) is 0 Å². The number of nitrogens with zero attached hydrogens (tertiary/aromatic N) is 1. The Hall–Kier alpha value is -2.16. The number of anilines is 1. The number of benzene rings is 1. The van der Waals surface area contributed by atoms with Crippen LogP contribution in [0.15, 0.2) is 42.7 Å². The van der Waals surface area contributed by atoms with Gasteiger partial charge in [-0.25, -0.2) is 0 Å². The predicted molar refractivity (Wildman–Crippen MR) is 75.0 cm³/mol. The van der Waals surface area contributed by atoms with Crippen LogP contribution < -0.4 is 5.32 Å². The van der Waals surface area contributed by atoms with Crippen molar-refractivity contribution in [2.75, 3.05) is 5.32 Å². The molecule has 3 nitrogen and oxygen atoms in total. The molecule has 0 aliphatic heterocycles. The first-order valence-electron chi connectivity index (χ1n) is 6.62. The third kappa shape index (κ3) is 2.81. The second-order valence-electron chi connectivity index (χ2n) is 4.92. The zero-order chi connectivity index (χ0) is 13.1. The Bertz CT molecular complexity index is 593. The van der Waals surface area contributed by atoms with Gasteiger partial charge in [-0.3, -0.25) is 9.78 Å². The van der Waals surface area contributed by atoms with Crippen LogP contribution in [0.3, 0.4) is 0 Å². The lowest BCUT2D eigenvalue weighted by Gasteiger charge is -2.06. The first-order chi connectivity index (χ1) is 9.31. The Kier molecular flexibility index (Phi) is 3.27. The highest BCUT2D eigenvalue weighted by Crippen LogP contribution is 2.23. The van der Waals surface area contributed by atoms with Crippen LogP contribution in [0.25, 0.3) is 0 Å². The number of nitrogens with one attached hydrogen (secondary N) is 1. The molecule has 2 aromatic rings. The maximum Gasteiger partial charge on any atom is 0.228 e. The van der Waals surface area contributed by atoms with Crippen molar-refractivity contribution in [3.63, 3.8) is 0 Å². The molecule has 1 aliphatic carbocycles. The minimum Gasteiger partial charge on any atom is -0.324 e. The van der Waals surface area contributed by atoms with Gasteiger partial charge in [0.15, 0.2) is 0 Å². The number of aromatic nitrogens is 1. The van der Waals surface area contributed by atoms with Crippen LogP contribution in [0.5, 0.6) is 0 Å². The van der Waals surface area contributed by atoms with Gasteiger partial charge in [-0.2, -0.15) is 0 Å². The van der Waals surface area contributed by atoms with E-state index in [2.05, 4.69) is 28.5 Å². The normalized spacial score (nSPS) is 13.1. The molecule has 0 spiro atoms. The molecular formula is C16H16N2O. The number of fused-ring (bicyclic) bond motifs is 1. The zero-order valence-electron chi connectivity index (χ0n) is 10.7. The lowest BCUT2D eigenvalue weighted by molar-refractivity contribution is -0.115. The molecule has 1 aromatic carbocycles. The summed E-state index contributed by atoms with van der Waals surface area (Å²) in [5.74, 6) is 0.00551. The Morgan fingerprint density at radius 3 is 2.95 bits per heavy atom. The van der Waals surface area contributed by atoms with Crippen molar-refractivity contribution >= 4 is 11.6 Å². The summed E-state index contributed by atoms with van der Waals surface area (Å²) in [6, 6.07) is 10.0. The number of hydrogen-bond acceptors (Lipinski definition) is 2. The summed E-state index contributed by atoms with van der Waals surface area (Å²) in [4.78, 5) is 15.9. The average Bonchev–Trinajstić information content (AvgIpc) is 2.87. The number of rotatable bonds is 3. The molecule has 3 rings (SSSR count). The van der Waals surface area contributed by atoms with Gasteiger partial charge in [0.25, 0.3) is 0 Å². The molecule has 0 saturated carbocycles. The largest absolute Gasteiger partial charge is 0.324 e. The monoisotopic (exact) mass is 252 g/mol. The van der Waals surface area contributed by atoms with Crippen LogP contribution in [0, 0.1) is 0 Å². The van der Waals surface area contributed by atoms with Crippen LogP contribution in [-0.4, -0.2) is 10.9 Å². The number of hydrogen-bond donors (Lipinski definition) is 1. The lowest BCUT2D eigenvalue weighted by atomic mass is 10.0. The van der Waals surface area contributed by atoms with E-state index in [0.717, 1.165) is 17.7 Å². The van der Waals surface area contributed by atoms with Crippen LogP contribution >= 0.6 is 0 Å². The highest BCUT2D eigenvalue weighted by molar-refractivity contribution is 5.92. The Balaban J connectivity index is 1.66. The number of amides is 1. The van der Waals surface area contributed by atoms with E-state index in [4.69, 9.17) is 0 Å². The molecule has 0 unspecified atom stereocenters. The summed E-state index contributed by atoms with van der Waals surface area (Å²) in [6.07, 6.45) is 7.32. The quantitative estimate of drug-likeness (QED) is 0.912. The fourth-order valence-electron chi connectivity index (χ4n) is 2.56. The smallest absolute Gasteiger partial charge is 0.228 e. The highest BCUT2D eigenvalue weighted by Gasteiger charge is 2.12. The van der Waals surface area contributed by atoms with Gasteiger partial charge in [-0.05, 0) is 48.1 Å². The van der Waals surface area contributed by atoms with Crippen LogP contribution in [0.1, 0.15) is 23.1 Å². The third-order valence-corrected chi connectivity index (χ3v) is 3.47. The van der Waals surface area contributed by atoms with Crippen molar-refractivity contribution in [1.29, 1.82) is 0 Å². The molecule has 1 heterocycles. The Morgan fingerprint density at radius 1 is 1.21 bits per heavy atom. The fraction of sp³-hybridized carbons (Fsp3) is 0.250. The minimum atomic E-state index is 0.00551. The summed E-state index contributed by atoms with van der Waals surface area (Å²) in [5, 5.41) is 2.86. The van der Waals surface area contributed by atoms with E-state index < -0.39 is 0 Å². The van der Waals surface area contributed by atoms with E-state index in [0.29, 0.717) is 6.42 Å². The van der Waals surface area contributed by atoms with E-state index in [-0.39, 0.29) is 5.91 Å². The van der Waals surface area contributed by atoms with Gasteiger partial charge in [0.1, 0.15) is 0 Å². The molecule has 1 N–H and O–H groups in total. The summed E-state index contributed by atoms with van der Waals surface area (Å²) < 4.78 is 0. The first kappa shape index (κ1) is 11.9. The Morgan fingerprint density at radius 2 is 2.11 bits per heavy atom. The molecule has 0 fully saturated rings. The van der Waals surface area contributed by atoms with Gasteiger partial charge in [-0.1, -0.05) is 18.2 Å². The predicted octanol–water partition coefficient (Wildman–Crippen LogP) is 2.75. The van der Waals surface area contributed by atoms with E-state index in [9.17, 15) is 4.79 Å². The van der Waals surface area contributed by atoms with Gasteiger partial charge in [0.05, 0.1) is 18.3 Å². The van der Waals surface area contributed by atoms with Crippen LogP contribution in [0.4, 0.5) is 5.69 Å². The van der Waals surface area contributed by atoms with E-state index in [1.807, 2.05) is 12.1 Å². The SMILES string of the molecule is O=C(Cc1ccc2c(c1)CCC2)Nc1cccnc1. The van der Waals surface area contributed by atoms with Gasteiger partial charge in [0, 0.05) is 6.20 Å². The van der Waals surface area contributed by atoms with Crippen molar-refractivity contribution in [3.05, 3.63) is 59.4 Å². The van der Waals surface area contributed by atoms with Crippen molar-refractivity contribution < 1.29 is 4.79 Å². The van der Waals surface area contributed by atoms with Crippen molar-refractivity contribution in [2.45, 2.75) is 25.7 Å². The number of aryl methyl sites for hydroxylation is 2. The van der Waals surface area contributed by atoms with Gasteiger partial charge >= 0.3 is 0 Å². The molecule has 0 saturated heterocycles. The molecule has 3 heteroatoms. The maximum absolute atomic E-state index is 11.9. The molecule has 19 heavy (non-hydrogen) atoms. The minimum absolute atomic E-state index is 0.00551. The topological polar surface area (TPSA) is 42.0 Å². The molecular weight excluding hydrogens is 236 g/mol. The maximum atomic E-state index is 11.9. The third-order valence-electron chi connectivity index (χ3n) is 3.47. The molecule has 96 valence electrons. The standard InChI is InChI=1S/C16H16N2O/c19-16(18-15-5-2-8-17-11-15)10-12-6-7-13-3-1-4-14(13)9-12/h2,5-9,11H,1,3-4,10H2,(H,18,19). The second-order valence-corrected chi connectivity index (χ2v) is 4.92. The summed E-state index contributed by atoms with van der Waals surface area (Å²) >= 11 is 0. The number of carbonyl (C=O) groups excluding carboxylic acids is 1. The van der Waals surface area contributed by atoms with Crippen molar-refractivity contribution in [2.24, 2.45) is 0 Å². The van der Waals surface area contributed by atoms with Crippen LogP contribution in [0.2, 0.25) is 0 Å². The van der Waals surface area contributed by atoms with E-state index in [1.165, 1.54) is 24.0 Å². The van der Waals surface area contributed by atoms with Gasteiger partial charge in [-0.15, -0.1) is 0 Å². The molecule has 0 radical (unpaired) electrons. The first-order valence-corrected chi connectivity index (χ1v) is 6.62. The van der Waals surface area contributed by atoms with Gasteiger partial charge < -0.3 is 5.32 Å². The molecule has 0 bridgehead atoms. The second kappa shape index (κ2) is 5.22. The molecule has 0 atom stereocenters. The Labute approximate surface area is 112 Å². The molecule has 1 amide bonds. The summed E-state index contributed by atoms with van der Waals surface area (Å²) in [6.45, 7) is 0. The highest BCUT2D eigenvalue weighted by atomic mass is 16.1. The van der Waals surface area contributed by atoms with E-state index in [1.54, 1.807) is 12.4 Å². The van der Waals surface area contributed by atoms with Crippen molar-refractivity contribution in [1.82, 2.24) is 4.98 Å². The molecule has 1 aliphatic rings.